The predicted molar refractivity (Wildman–Crippen MR) is 98.9 cm³/mol. The highest BCUT2D eigenvalue weighted by Gasteiger charge is 2.13. The van der Waals surface area contributed by atoms with Crippen molar-refractivity contribution in [1.82, 2.24) is 0 Å². The third kappa shape index (κ3) is 4.86. The quantitative estimate of drug-likeness (QED) is 0.549. The van der Waals surface area contributed by atoms with Gasteiger partial charge in [-0.05, 0) is 50.6 Å². The highest BCUT2D eigenvalue weighted by Crippen LogP contribution is 2.32. The first-order valence-corrected chi connectivity index (χ1v) is 8.29. The second-order valence-corrected chi connectivity index (χ2v) is 6.02. The van der Waals surface area contributed by atoms with Crippen LogP contribution in [0, 0.1) is 0 Å². The fourth-order valence-corrected chi connectivity index (χ4v) is 2.44. The van der Waals surface area contributed by atoms with Crippen LogP contribution in [0.1, 0.15) is 43.1 Å². The Morgan fingerprint density at radius 2 is 1.88 bits per heavy atom. The van der Waals surface area contributed by atoms with E-state index in [-0.39, 0.29) is 11.5 Å². The molecule has 0 aromatic heterocycles. The van der Waals surface area contributed by atoms with Gasteiger partial charge in [-0.15, -0.1) is 0 Å². The summed E-state index contributed by atoms with van der Waals surface area (Å²) in [7, 11) is 1.63. The van der Waals surface area contributed by atoms with E-state index in [0.29, 0.717) is 23.5 Å². The Hall–Kier alpha value is -2.75. The Labute approximate surface area is 148 Å². The van der Waals surface area contributed by atoms with Gasteiger partial charge in [-0.2, -0.15) is 0 Å². The van der Waals surface area contributed by atoms with Gasteiger partial charge in [0.15, 0.2) is 5.78 Å². The van der Waals surface area contributed by atoms with Crippen LogP contribution in [0.25, 0.3) is 0 Å². The number of carbonyl (C=O) groups is 1. The maximum Gasteiger partial charge on any atom is 0.166 e. The molecular weight excluding hydrogens is 316 g/mol. The molecule has 0 saturated carbocycles. The van der Waals surface area contributed by atoms with Crippen molar-refractivity contribution < 1.29 is 19.4 Å². The monoisotopic (exact) mass is 340 g/mol. The Bertz CT molecular complexity index is 786. The van der Waals surface area contributed by atoms with Crippen LogP contribution in [0.3, 0.4) is 0 Å². The number of phenols is 1. The molecule has 0 atom stereocenters. The average Bonchev–Trinajstić information content (AvgIpc) is 2.59. The minimum atomic E-state index is -0.0340. The number of hydrogen-bond acceptors (Lipinski definition) is 4. The third-order valence-corrected chi connectivity index (χ3v) is 3.80. The van der Waals surface area contributed by atoms with Gasteiger partial charge in [0.25, 0.3) is 0 Å². The van der Waals surface area contributed by atoms with Gasteiger partial charge in [0, 0.05) is 18.1 Å². The molecule has 132 valence electrons. The summed E-state index contributed by atoms with van der Waals surface area (Å²) in [5, 5.41) is 9.73. The molecule has 25 heavy (non-hydrogen) atoms. The van der Waals surface area contributed by atoms with Gasteiger partial charge in [-0.3, -0.25) is 4.79 Å². The molecule has 0 fully saturated rings. The highest BCUT2D eigenvalue weighted by atomic mass is 16.5. The highest BCUT2D eigenvalue weighted by molar-refractivity contribution is 5.98. The first kappa shape index (κ1) is 18.6. The van der Waals surface area contributed by atoms with E-state index in [0.717, 1.165) is 17.7 Å². The van der Waals surface area contributed by atoms with Gasteiger partial charge in [-0.1, -0.05) is 18.6 Å². The van der Waals surface area contributed by atoms with Gasteiger partial charge in [-0.25, -0.2) is 0 Å². The summed E-state index contributed by atoms with van der Waals surface area (Å²) in [4.78, 5) is 12.1. The Kier molecular flexibility index (Phi) is 6.23. The lowest BCUT2D eigenvalue weighted by Crippen LogP contribution is -2.00. The molecular formula is C21H24O4. The fraction of sp³-hybridized carbons (Fsp3) is 0.286. The van der Waals surface area contributed by atoms with Gasteiger partial charge < -0.3 is 14.6 Å². The Morgan fingerprint density at radius 3 is 2.52 bits per heavy atom. The zero-order chi connectivity index (χ0) is 18.4. The fourth-order valence-electron chi connectivity index (χ4n) is 2.44. The summed E-state index contributed by atoms with van der Waals surface area (Å²) in [5.74, 6) is 1.75. The van der Waals surface area contributed by atoms with E-state index in [2.05, 4.69) is 6.08 Å². The zero-order valence-corrected chi connectivity index (χ0v) is 15.1. The van der Waals surface area contributed by atoms with E-state index < -0.39 is 0 Å². The maximum absolute atomic E-state index is 12.1. The van der Waals surface area contributed by atoms with Crippen molar-refractivity contribution in [3.05, 3.63) is 59.2 Å². The van der Waals surface area contributed by atoms with E-state index >= 15 is 0 Å². The molecule has 0 aliphatic rings. The molecule has 0 amide bonds. The zero-order valence-electron chi connectivity index (χ0n) is 15.1. The Morgan fingerprint density at radius 1 is 1.12 bits per heavy atom. The van der Waals surface area contributed by atoms with Crippen LogP contribution in [0.15, 0.2) is 48.0 Å². The topological polar surface area (TPSA) is 55.8 Å². The number of allylic oxidation sites excluding steroid dienone is 2. The SMILES string of the molecule is CCC(=O)c1ccc(O)cc1Oc1ccc(OC)c(CC=C(C)C)c1. The van der Waals surface area contributed by atoms with Crippen LogP contribution < -0.4 is 9.47 Å². The molecule has 0 bridgehead atoms. The number of benzene rings is 2. The number of methoxy groups -OCH3 is 1. The molecule has 4 nitrogen and oxygen atoms in total. The largest absolute Gasteiger partial charge is 0.508 e. The average molecular weight is 340 g/mol. The molecule has 2 aromatic carbocycles. The molecule has 0 aliphatic heterocycles. The first-order valence-electron chi connectivity index (χ1n) is 8.29. The standard InChI is InChI=1S/C21H24O4/c1-5-19(23)18-10-8-16(22)13-21(18)25-17-9-11-20(24-4)15(12-17)7-6-14(2)3/h6,8-13,22H,5,7H2,1-4H3. The van der Waals surface area contributed by atoms with Crippen molar-refractivity contribution in [2.24, 2.45) is 0 Å². The number of Topliss-reactive ketones (excluding diaryl/α,β-unsaturated/α-hetero) is 1. The lowest BCUT2D eigenvalue weighted by atomic mass is 10.1. The summed E-state index contributed by atoms with van der Waals surface area (Å²) in [6.45, 7) is 5.88. The van der Waals surface area contributed by atoms with Gasteiger partial charge in [0.2, 0.25) is 0 Å². The Balaban J connectivity index is 2.37. The van der Waals surface area contributed by atoms with Crippen LogP contribution >= 0.6 is 0 Å². The summed E-state index contributed by atoms with van der Waals surface area (Å²) >= 11 is 0. The number of ketones is 1. The van der Waals surface area contributed by atoms with Crippen molar-refractivity contribution in [3.63, 3.8) is 0 Å². The lowest BCUT2D eigenvalue weighted by Gasteiger charge is -2.13. The van der Waals surface area contributed by atoms with E-state index in [9.17, 15) is 9.90 Å². The number of aromatic hydroxyl groups is 1. The first-order chi connectivity index (χ1) is 11.9. The molecule has 4 heteroatoms. The second-order valence-electron chi connectivity index (χ2n) is 6.02. The maximum atomic E-state index is 12.1. The molecule has 0 unspecified atom stereocenters. The van der Waals surface area contributed by atoms with Crippen LogP contribution in [0.5, 0.6) is 23.0 Å². The van der Waals surface area contributed by atoms with Gasteiger partial charge in [0.05, 0.1) is 12.7 Å². The van der Waals surface area contributed by atoms with Crippen molar-refractivity contribution >= 4 is 5.78 Å². The van der Waals surface area contributed by atoms with Crippen molar-refractivity contribution in [3.8, 4) is 23.0 Å². The second kappa shape index (κ2) is 8.38. The molecule has 0 radical (unpaired) electrons. The smallest absolute Gasteiger partial charge is 0.166 e. The summed E-state index contributed by atoms with van der Waals surface area (Å²) < 4.78 is 11.3. The predicted octanol–water partition coefficient (Wildman–Crippen LogP) is 5.29. The number of phenolic OH excluding ortho intramolecular Hbond substituents is 1. The molecule has 0 saturated heterocycles. The van der Waals surface area contributed by atoms with E-state index in [1.54, 1.807) is 26.2 Å². The lowest BCUT2D eigenvalue weighted by molar-refractivity contribution is 0.0986. The molecule has 0 spiro atoms. The van der Waals surface area contributed by atoms with E-state index in [4.69, 9.17) is 9.47 Å². The van der Waals surface area contributed by atoms with E-state index in [1.807, 2.05) is 26.0 Å². The summed E-state index contributed by atoms with van der Waals surface area (Å²) in [6, 6.07) is 10.1. The normalized spacial score (nSPS) is 10.2. The third-order valence-electron chi connectivity index (χ3n) is 3.80. The van der Waals surface area contributed by atoms with Crippen molar-refractivity contribution in [2.45, 2.75) is 33.6 Å². The molecule has 2 rings (SSSR count). The number of ether oxygens (including phenoxy) is 2. The van der Waals surface area contributed by atoms with E-state index in [1.165, 1.54) is 17.7 Å². The number of hydrogen-bond donors (Lipinski definition) is 1. The van der Waals surface area contributed by atoms with Crippen LogP contribution in [0.2, 0.25) is 0 Å². The molecule has 2 aromatic rings. The van der Waals surface area contributed by atoms with Gasteiger partial charge in [0.1, 0.15) is 23.0 Å². The molecule has 0 aliphatic carbocycles. The van der Waals surface area contributed by atoms with Crippen LogP contribution in [0.4, 0.5) is 0 Å². The van der Waals surface area contributed by atoms with Crippen LogP contribution in [-0.2, 0) is 6.42 Å². The van der Waals surface area contributed by atoms with Crippen molar-refractivity contribution in [1.29, 1.82) is 0 Å². The van der Waals surface area contributed by atoms with Gasteiger partial charge >= 0.3 is 0 Å². The number of rotatable bonds is 7. The number of carbonyl (C=O) groups excluding carboxylic acids is 1. The van der Waals surface area contributed by atoms with Crippen LogP contribution in [-0.4, -0.2) is 18.0 Å². The summed E-state index contributed by atoms with van der Waals surface area (Å²) in [5.41, 5.74) is 2.67. The minimum absolute atomic E-state index is 0.0340. The van der Waals surface area contributed by atoms with Crippen molar-refractivity contribution in [2.75, 3.05) is 7.11 Å². The minimum Gasteiger partial charge on any atom is -0.508 e. The molecule has 0 heterocycles. The summed E-state index contributed by atoms with van der Waals surface area (Å²) in [6.07, 6.45) is 3.21. The molecule has 1 N–H and O–H groups in total.